The third kappa shape index (κ3) is 3.22. The van der Waals surface area contributed by atoms with E-state index in [4.69, 9.17) is 0 Å². The van der Waals surface area contributed by atoms with Gasteiger partial charge in [-0.15, -0.1) is 0 Å². The summed E-state index contributed by atoms with van der Waals surface area (Å²) in [5.74, 6) is -0.558. The lowest BCUT2D eigenvalue weighted by atomic mass is 10.1. The Hall–Kier alpha value is -2.82. The maximum absolute atomic E-state index is 14.3. The SMILES string of the molecule is CC[C@@H](C)N(C)C(=O)c1nc(-c2ccccc2F)c2ccccc2n1. The molecule has 1 amide bonds. The van der Waals surface area contributed by atoms with Gasteiger partial charge in [-0.3, -0.25) is 4.79 Å². The summed E-state index contributed by atoms with van der Waals surface area (Å²) in [5, 5.41) is 0.718. The van der Waals surface area contributed by atoms with Crippen LogP contribution in [0.2, 0.25) is 0 Å². The van der Waals surface area contributed by atoms with Crippen molar-refractivity contribution in [2.24, 2.45) is 0 Å². The first-order valence-corrected chi connectivity index (χ1v) is 8.31. The highest BCUT2D eigenvalue weighted by molar-refractivity contribution is 5.98. The molecule has 0 N–H and O–H groups in total. The van der Waals surface area contributed by atoms with Gasteiger partial charge in [0.05, 0.1) is 11.2 Å². The summed E-state index contributed by atoms with van der Waals surface area (Å²) < 4.78 is 14.3. The van der Waals surface area contributed by atoms with Crippen LogP contribution in [-0.4, -0.2) is 33.9 Å². The third-order valence-electron chi connectivity index (χ3n) is 4.50. The molecule has 0 spiro atoms. The maximum Gasteiger partial charge on any atom is 0.291 e. The molecule has 0 radical (unpaired) electrons. The summed E-state index contributed by atoms with van der Waals surface area (Å²) in [6.45, 7) is 3.98. The number of benzene rings is 2. The fraction of sp³-hybridized carbons (Fsp3) is 0.250. The molecule has 0 saturated carbocycles. The van der Waals surface area contributed by atoms with Crippen LogP contribution in [-0.2, 0) is 0 Å². The molecule has 0 unspecified atom stereocenters. The van der Waals surface area contributed by atoms with Crippen LogP contribution in [0.5, 0.6) is 0 Å². The van der Waals surface area contributed by atoms with Gasteiger partial charge >= 0.3 is 0 Å². The van der Waals surface area contributed by atoms with Crippen LogP contribution in [0.4, 0.5) is 4.39 Å². The number of halogens is 1. The number of aromatic nitrogens is 2. The summed E-state index contributed by atoms with van der Waals surface area (Å²) in [6.07, 6.45) is 0.829. The van der Waals surface area contributed by atoms with Crippen LogP contribution in [0.3, 0.4) is 0 Å². The molecule has 3 aromatic rings. The molecule has 128 valence electrons. The number of hydrogen-bond acceptors (Lipinski definition) is 3. The fourth-order valence-electron chi connectivity index (χ4n) is 2.66. The van der Waals surface area contributed by atoms with Gasteiger partial charge in [0.25, 0.3) is 5.91 Å². The van der Waals surface area contributed by atoms with E-state index in [1.807, 2.05) is 32.0 Å². The zero-order valence-corrected chi connectivity index (χ0v) is 14.5. The minimum absolute atomic E-state index is 0.0690. The van der Waals surface area contributed by atoms with Gasteiger partial charge in [0, 0.05) is 24.0 Å². The van der Waals surface area contributed by atoms with Crippen molar-refractivity contribution in [3.05, 3.63) is 60.2 Å². The predicted octanol–water partition coefficient (Wildman–Crippen LogP) is 4.31. The number of nitrogens with zero attached hydrogens (tertiary/aromatic N) is 3. The van der Waals surface area contributed by atoms with Crippen molar-refractivity contribution in [2.75, 3.05) is 7.05 Å². The fourth-order valence-corrected chi connectivity index (χ4v) is 2.66. The van der Waals surface area contributed by atoms with Gasteiger partial charge in [-0.25, -0.2) is 14.4 Å². The van der Waals surface area contributed by atoms with Crippen LogP contribution in [0.1, 0.15) is 30.9 Å². The van der Waals surface area contributed by atoms with Crippen molar-refractivity contribution in [3.8, 4) is 11.3 Å². The summed E-state index contributed by atoms with van der Waals surface area (Å²) in [4.78, 5) is 23.2. The molecular weight excluding hydrogens is 317 g/mol. The van der Waals surface area contributed by atoms with Crippen molar-refractivity contribution in [2.45, 2.75) is 26.3 Å². The number of rotatable bonds is 4. The average molecular weight is 337 g/mol. The smallest absolute Gasteiger partial charge is 0.291 e. The Kier molecular flexibility index (Phi) is 4.74. The van der Waals surface area contributed by atoms with E-state index in [1.165, 1.54) is 6.07 Å². The molecule has 1 aromatic heterocycles. The summed E-state index contributed by atoms with van der Waals surface area (Å²) in [5.41, 5.74) is 1.42. The third-order valence-corrected chi connectivity index (χ3v) is 4.50. The minimum atomic E-state index is -0.375. The first-order chi connectivity index (χ1) is 12.0. The number of carbonyl (C=O) groups excluding carboxylic acids is 1. The number of para-hydroxylation sites is 1. The Morgan fingerprint density at radius 3 is 2.52 bits per heavy atom. The van der Waals surface area contributed by atoms with Gasteiger partial charge in [0.2, 0.25) is 5.82 Å². The van der Waals surface area contributed by atoms with Crippen LogP contribution in [0.15, 0.2) is 48.5 Å². The monoisotopic (exact) mass is 337 g/mol. The summed E-state index contributed by atoms with van der Waals surface area (Å²) in [7, 11) is 1.73. The number of amides is 1. The van der Waals surface area contributed by atoms with E-state index >= 15 is 0 Å². The zero-order chi connectivity index (χ0) is 18.0. The molecule has 0 aliphatic carbocycles. The number of fused-ring (bicyclic) bond motifs is 1. The standard InChI is InChI=1S/C20H20FN3O/c1-4-13(2)24(3)20(25)19-22-17-12-8-6-10-15(17)18(23-19)14-9-5-7-11-16(14)21/h5-13H,4H2,1-3H3/t13-/m1/s1. The molecule has 5 heteroatoms. The Morgan fingerprint density at radius 2 is 1.80 bits per heavy atom. The molecule has 0 saturated heterocycles. The highest BCUT2D eigenvalue weighted by Crippen LogP contribution is 2.28. The van der Waals surface area contributed by atoms with E-state index in [0.29, 0.717) is 16.8 Å². The first kappa shape index (κ1) is 17.0. The van der Waals surface area contributed by atoms with E-state index in [2.05, 4.69) is 9.97 Å². The van der Waals surface area contributed by atoms with E-state index in [-0.39, 0.29) is 23.6 Å². The molecule has 3 rings (SSSR count). The van der Waals surface area contributed by atoms with E-state index in [9.17, 15) is 9.18 Å². The topological polar surface area (TPSA) is 46.1 Å². The second-order valence-electron chi connectivity index (χ2n) is 6.07. The van der Waals surface area contributed by atoms with Crippen molar-refractivity contribution < 1.29 is 9.18 Å². The lowest BCUT2D eigenvalue weighted by molar-refractivity contribution is 0.0728. The van der Waals surface area contributed by atoms with E-state index in [1.54, 1.807) is 36.2 Å². The van der Waals surface area contributed by atoms with Crippen LogP contribution in [0, 0.1) is 5.82 Å². The van der Waals surface area contributed by atoms with Gasteiger partial charge in [-0.1, -0.05) is 37.3 Å². The van der Waals surface area contributed by atoms with Crippen LogP contribution < -0.4 is 0 Å². The largest absolute Gasteiger partial charge is 0.336 e. The predicted molar refractivity (Wildman–Crippen MR) is 96.8 cm³/mol. The van der Waals surface area contributed by atoms with Crippen molar-refractivity contribution in [1.82, 2.24) is 14.9 Å². The average Bonchev–Trinajstić information content (AvgIpc) is 2.65. The van der Waals surface area contributed by atoms with Gasteiger partial charge in [-0.05, 0) is 31.5 Å². The van der Waals surface area contributed by atoms with Gasteiger partial charge in [-0.2, -0.15) is 0 Å². The van der Waals surface area contributed by atoms with Crippen LogP contribution in [0.25, 0.3) is 22.2 Å². The molecule has 4 nitrogen and oxygen atoms in total. The highest BCUT2D eigenvalue weighted by Gasteiger charge is 2.21. The van der Waals surface area contributed by atoms with Gasteiger partial charge in [0.15, 0.2) is 0 Å². The normalized spacial score (nSPS) is 12.2. The molecule has 0 fully saturated rings. The highest BCUT2D eigenvalue weighted by atomic mass is 19.1. The Balaban J connectivity index is 2.20. The second kappa shape index (κ2) is 6.97. The number of hydrogen-bond donors (Lipinski definition) is 0. The lowest BCUT2D eigenvalue weighted by Gasteiger charge is -2.23. The van der Waals surface area contributed by atoms with Crippen molar-refractivity contribution in [3.63, 3.8) is 0 Å². The summed E-state index contributed by atoms with van der Waals surface area (Å²) in [6, 6.07) is 13.8. The zero-order valence-electron chi connectivity index (χ0n) is 14.5. The van der Waals surface area contributed by atoms with Crippen molar-refractivity contribution in [1.29, 1.82) is 0 Å². The Labute approximate surface area is 146 Å². The molecular formula is C20H20FN3O. The second-order valence-corrected chi connectivity index (χ2v) is 6.07. The quantitative estimate of drug-likeness (QED) is 0.713. The van der Waals surface area contributed by atoms with Gasteiger partial charge < -0.3 is 4.90 Å². The molecule has 1 heterocycles. The molecule has 1 atom stereocenters. The Bertz CT molecular complexity index is 926. The Morgan fingerprint density at radius 1 is 1.12 bits per heavy atom. The molecule has 0 aliphatic rings. The van der Waals surface area contributed by atoms with E-state index < -0.39 is 0 Å². The molecule has 0 aliphatic heterocycles. The first-order valence-electron chi connectivity index (χ1n) is 8.31. The lowest BCUT2D eigenvalue weighted by Crippen LogP contribution is -2.35. The number of carbonyl (C=O) groups is 1. The van der Waals surface area contributed by atoms with Gasteiger partial charge in [0.1, 0.15) is 5.82 Å². The minimum Gasteiger partial charge on any atom is -0.336 e. The molecule has 2 aromatic carbocycles. The maximum atomic E-state index is 14.3. The molecule has 0 bridgehead atoms. The van der Waals surface area contributed by atoms with E-state index in [0.717, 1.165) is 11.8 Å². The van der Waals surface area contributed by atoms with Crippen molar-refractivity contribution >= 4 is 16.8 Å². The molecule has 25 heavy (non-hydrogen) atoms. The summed E-state index contributed by atoms with van der Waals surface area (Å²) >= 11 is 0. The van der Waals surface area contributed by atoms with Crippen LogP contribution >= 0.6 is 0 Å².